The van der Waals surface area contributed by atoms with Crippen LogP contribution in [0.2, 0.25) is 5.02 Å². The van der Waals surface area contributed by atoms with Crippen LogP contribution in [-0.4, -0.2) is 25.6 Å². The molecule has 5 heteroatoms. The molecule has 2 N–H and O–H groups in total. The normalized spacial score (nSPS) is 16.4. The number of carbonyl (C=O) groups is 1. The molecule has 0 spiro atoms. The maximum absolute atomic E-state index is 12.1. The Balaban J connectivity index is 1.94. The average molecular weight is 311 g/mol. The maximum atomic E-state index is 12.1. The van der Waals surface area contributed by atoms with Gasteiger partial charge in [-0.2, -0.15) is 0 Å². The van der Waals surface area contributed by atoms with Crippen molar-refractivity contribution in [1.29, 1.82) is 0 Å². The summed E-state index contributed by atoms with van der Waals surface area (Å²) in [4.78, 5) is 12.1. The molecule has 4 nitrogen and oxygen atoms in total. The number of hydrogen-bond acceptors (Lipinski definition) is 3. The van der Waals surface area contributed by atoms with Crippen molar-refractivity contribution >= 4 is 23.2 Å². The Morgan fingerprint density at radius 2 is 2.14 bits per heavy atom. The Labute approximate surface area is 131 Å². The van der Waals surface area contributed by atoms with E-state index in [2.05, 4.69) is 24.5 Å². The number of amides is 1. The molecule has 1 fully saturated rings. The zero-order valence-corrected chi connectivity index (χ0v) is 13.5. The summed E-state index contributed by atoms with van der Waals surface area (Å²) >= 11 is 6.19. The summed E-state index contributed by atoms with van der Waals surface area (Å²) in [7, 11) is 0. The molecule has 1 aliphatic heterocycles. The smallest absolute Gasteiger partial charge is 0.227 e. The molecular weight excluding hydrogens is 288 g/mol. The molecule has 1 heterocycles. The van der Waals surface area contributed by atoms with Crippen molar-refractivity contribution in [3.05, 3.63) is 23.2 Å². The number of halogens is 1. The fourth-order valence-electron chi connectivity index (χ4n) is 2.09. The van der Waals surface area contributed by atoms with E-state index in [4.69, 9.17) is 16.3 Å². The number of nitrogens with one attached hydrogen (secondary N) is 2. The van der Waals surface area contributed by atoms with Crippen molar-refractivity contribution in [2.24, 2.45) is 17.8 Å². The topological polar surface area (TPSA) is 50.4 Å². The van der Waals surface area contributed by atoms with E-state index in [0.29, 0.717) is 34.9 Å². The summed E-state index contributed by atoms with van der Waals surface area (Å²) in [6.07, 6.45) is 0. The predicted octanol–water partition coefficient (Wildman–Crippen LogP) is 3.17. The highest BCUT2D eigenvalue weighted by Crippen LogP contribution is 2.28. The minimum Gasteiger partial charge on any atom is -0.492 e. The van der Waals surface area contributed by atoms with E-state index < -0.39 is 0 Å². The fraction of sp³-hybridized carbons (Fsp3) is 0.562. The Hall–Kier alpha value is -1.26. The van der Waals surface area contributed by atoms with Gasteiger partial charge in [0.1, 0.15) is 5.75 Å². The van der Waals surface area contributed by atoms with Gasteiger partial charge >= 0.3 is 0 Å². The first-order valence-corrected chi connectivity index (χ1v) is 7.79. The summed E-state index contributed by atoms with van der Waals surface area (Å²) in [5.74, 6) is 1.56. The Kier molecular flexibility index (Phi) is 5.48. The van der Waals surface area contributed by atoms with Crippen molar-refractivity contribution in [3.63, 3.8) is 0 Å². The minimum absolute atomic E-state index is 0.00175. The quantitative estimate of drug-likeness (QED) is 0.848. The minimum atomic E-state index is 0.00175. The second kappa shape index (κ2) is 7.14. The van der Waals surface area contributed by atoms with Gasteiger partial charge in [-0.25, -0.2) is 0 Å². The molecule has 1 amide bonds. The van der Waals surface area contributed by atoms with Gasteiger partial charge in [-0.3, -0.25) is 4.79 Å². The summed E-state index contributed by atoms with van der Waals surface area (Å²) in [5, 5.41) is 6.62. The molecule has 116 valence electrons. The first kappa shape index (κ1) is 16.1. The Morgan fingerprint density at radius 1 is 1.43 bits per heavy atom. The van der Waals surface area contributed by atoms with Crippen molar-refractivity contribution in [2.45, 2.75) is 20.8 Å². The maximum Gasteiger partial charge on any atom is 0.227 e. The number of rotatable bonds is 6. The fourth-order valence-corrected chi connectivity index (χ4v) is 2.32. The van der Waals surface area contributed by atoms with Crippen LogP contribution in [0.5, 0.6) is 5.75 Å². The first-order chi connectivity index (χ1) is 9.97. The second-order valence-electron chi connectivity index (χ2n) is 6.05. The van der Waals surface area contributed by atoms with Crippen LogP contribution in [0.25, 0.3) is 0 Å². The Bertz CT molecular complexity index is 501. The molecule has 1 atom stereocenters. The molecule has 1 aromatic carbocycles. The van der Waals surface area contributed by atoms with Crippen LogP contribution in [-0.2, 0) is 4.79 Å². The van der Waals surface area contributed by atoms with Gasteiger partial charge < -0.3 is 15.4 Å². The molecule has 21 heavy (non-hydrogen) atoms. The van der Waals surface area contributed by atoms with Gasteiger partial charge in [-0.1, -0.05) is 32.4 Å². The lowest BCUT2D eigenvalue weighted by atomic mass is 9.88. The monoisotopic (exact) mass is 310 g/mol. The van der Waals surface area contributed by atoms with Crippen molar-refractivity contribution in [1.82, 2.24) is 5.32 Å². The average Bonchev–Trinajstić information content (AvgIpc) is 2.35. The van der Waals surface area contributed by atoms with E-state index in [1.54, 1.807) is 12.1 Å². The highest BCUT2D eigenvalue weighted by Gasteiger charge is 2.28. The largest absolute Gasteiger partial charge is 0.492 e. The molecular formula is C16H23ClN2O2. The number of hydrogen-bond donors (Lipinski definition) is 2. The number of carbonyl (C=O) groups excluding carboxylic acids is 1. The highest BCUT2D eigenvalue weighted by atomic mass is 35.5. The SMILES string of the molecule is CC(C)COc1ccc(NC(=O)C(C)C2CNC2)cc1Cl. The van der Waals surface area contributed by atoms with Crippen LogP contribution in [0.4, 0.5) is 5.69 Å². The van der Waals surface area contributed by atoms with Gasteiger partial charge in [0.05, 0.1) is 11.6 Å². The molecule has 0 bridgehead atoms. The van der Waals surface area contributed by atoms with Gasteiger partial charge in [0.25, 0.3) is 0 Å². The van der Waals surface area contributed by atoms with Gasteiger partial charge in [0.2, 0.25) is 5.91 Å². The summed E-state index contributed by atoms with van der Waals surface area (Å²) in [5.41, 5.74) is 0.709. The molecule has 0 aliphatic carbocycles. The third kappa shape index (κ3) is 4.35. The molecule has 1 saturated heterocycles. The van der Waals surface area contributed by atoms with Gasteiger partial charge in [0.15, 0.2) is 0 Å². The summed E-state index contributed by atoms with van der Waals surface area (Å²) in [6.45, 7) is 8.58. The molecule has 0 aromatic heterocycles. The van der Waals surface area contributed by atoms with E-state index in [9.17, 15) is 4.79 Å². The summed E-state index contributed by atoms with van der Waals surface area (Å²) < 4.78 is 5.62. The van der Waals surface area contributed by atoms with Crippen LogP contribution in [0.1, 0.15) is 20.8 Å². The first-order valence-electron chi connectivity index (χ1n) is 7.41. The van der Waals surface area contributed by atoms with Crippen LogP contribution in [0, 0.1) is 17.8 Å². The highest BCUT2D eigenvalue weighted by molar-refractivity contribution is 6.32. The molecule has 1 aliphatic rings. The Morgan fingerprint density at radius 3 is 2.67 bits per heavy atom. The van der Waals surface area contributed by atoms with Crippen LogP contribution >= 0.6 is 11.6 Å². The van der Waals surface area contributed by atoms with Crippen LogP contribution in [0.3, 0.4) is 0 Å². The number of benzene rings is 1. The zero-order valence-electron chi connectivity index (χ0n) is 12.8. The lowest BCUT2D eigenvalue weighted by Gasteiger charge is -2.31. The van der Waals surface area contributed by atoms with E-state index in [-0.39, 0.29) is 11.8 Å². The zero-order chi connectivity index (χ0) is 15.4. The molecule has 1 unspecified atom stereocenters. The summed E-state index contributed by atoms with van der Waals surface area (Å²) in [6, 6.07) is 5.36. The van der Waals surface area contributed by atoms with Crippen molar-refractivity contribution < 1.29 is 9.53 Å². The lowest BCUT2D eigenvalue weighted by molar-refractivity contribution is -0.121. The molecule has 0 radical (unpaired) electrons. The second-order valence-corrected chi connectivity index (χ2v) is 6.45. The van der Waals surface area contributed by atoms with Gasteiger partial charge in [-0.15, -0.1) is 0 Å². The predicted molar refractivity (Wildman–Crippen MR) is 85.9 cm³/mol. The molecule has 0 saturated carbocycles. The van der Waals surface area contributed by atoms with E-state index in [1.165, 1.54) is 0 Å². The number of ether oxygens (including phenoxy) is 1. The van der Waals surface area contributed by atoms with Crippen molar-refractivity contribution in [2.75, 3.05) is 25.0 Å². The van der Waals surface area contributed by atoms with Gasteiger partial charge in [-0.05, 0) is 43.1 Å². The lowest BCUT2D eigenvalue weighted by Crippen LogP contribution is -2.48. The van der Waals surface area contributed by atoms with E-state index >= 15 is 0 Å². The molecule has 1 aromatic rings. The van der Waals surface area contributed by atoms with E-state index in [0.717, 1.165) is 13.1 Å². The number of anilines is 1. The van der Waals surface area contributed by atoms with Crippen molar-refractivity contribution in [3.8, 4) is 5.75 Å². The van der Waals surface area contributed by atoms with Crippen LogP contribution < -0.4 is 15.4 Å². The van der Waals surface area contributed by atoms with E-state index in [1.807, 2.05) is 13.0 Å². The van der Waals surface area contributed by atoms with Crippen LogP contribution in [0.15, 0.2) is 18.2 Å². The third-order valence-corrected chi connectivity index (χ3v) is 4.00. The van der Waals surface area contributed by atoms with Gasteiger partial charge in [0, 0.05) is 11.6 Å². The third-order valence-electron chi connectivity index (χ3n) is 3.71. The standard InChI is InChI=1S/C16H23ClN2O2/c1-10(2)9-21-15-5-4-13(6-14(15)17)19-16(20)11(3)12-7-18-8-12/h4-6,10-12,18H,7-9H2,1-3H3,(H,19,20). The molecule has 2 rings (SSSR count).